The summed E-state index contributed by atoms with van der Waals surface area (Å²) >= 11 is 6.44. The molecule has 3 amide bonds. The standard InChI is InChI=1S/C47H58ClF2N9O9/c1-9-64-29-23-33(49)31(34(50)24-29)27-59-37-17-11-10-15-30(37)39(58-59)41-53-26-38(40(57-41)55-35-18-20-51-25-32(35)48)65-21-14-22-66-43(61)28(2)54-42(60)36(56-45(63)68-47(6,7)8)16-12-13-19-52-44(62)67-46(3,4)5/h10-11,15,17-18,20,23-26,28,36H,9,12-14,16,19,21-22,27H2,1-8H3,(H,52,62)(H,54,60)(H,56,63)(H,51,53,55,57)/t28-,36-/m0/s1. The number of carbonyl (C=O) groups is 4. The zero-order valence-corrected chi connectivity index (χ0v) is 40.1. The lowest BCUT2D eigenvalue weighted by Gasteiger charge is -2.24. The molecular formula is C47H58ClF2N9O9. The minimum atomic E-state index is -1.08. The first-order valence-corrected chi connectivity index (χ1v) is 22.5. The van der Waals surface area contributed by atoms with Gasteiger partial charge in [-0.15, -0.1) is 0 Å². The molecule has 0 bridgehead atoms. The average molecular weight is 966 g/mol. The van der Waals surface area contributed by atoms with Gasteiger partial charge in [0, 0.05) is 48.4 Å². The molecule has 4 N–H and O–H groups in total. The van der Waals surface area contributed by atoms with Gasteiger partial charge in [0.1, 0.15) is 46.4 Å². The number of aromatic nitrogens is 5. The van der Waals surface area contributed by atoms with E-state index >= 15 is 8.78 Å². The van der Waals surface area contributed by atoms with Crippen LogP contribution in [0.4, 0.5) is 29.9 Å². The number of nitrogens with one attached hydrogen (secondary N) is 4. The molecule has 0 aliphatic heterocycles. The third-order valence-electron chi connectivity index (χ3n) is 9.48. The fourth-order valence-corrected chi connectivity index (χ4v) is 6.60. The summed E-state index contributed by atoms with van der Waals surface area (Å²) in [5.74, 6) is -2.26. The third-order valence-corrected chi connectivity index (χ3v) is 9.78. The van der Waals surface area contributed by atoms with Crippen molar-refractivity contribution in [3.63, 3.8) is 0 Å². The number of anilines is 2. The van der Waals surface area contributed by atoms with Crippen LogP contribution in [0, 0.1) is 11.6 Å². The molecule has 0 radical (unpaired) electrons. The van der Waals surface area contributed by atoms with Crippen LogP contribution in [-0.4, -0.2) is 98.4 Å². The highest BCUT2D eigenvalue weighted by molar-refractivity contribution is 6.33. The van der Waals surface area contributed by atoms with Gasteiger partial charge in [-0.3, -0.25) is 14.5 Å². The molecule has 0 saturated carbocycles. The van der Waals surface area contributed by atoms with E-state index < -0.39 is 59.0 Å². The fraction of sp³-hybridized carbons (Fsp3) is 0.447. The van der Waals surface area contributed by atoms with Crippen LogP contribution >= 0.6 is 11.6 Å². The van der Waals surface area contributed by atoms with Gasteiger partial charge in [-0.2, -0.15) is 5.10 Å². The normalized spacial score (nSPS) is 12.4. The van der Waals surface area contributed by atoms with E-state index in [1.165, 1.54) is 30.2 Å². The van der Waals surface area contributed by atoms with Crippen molar-refractivity contribution in [2.45, 2.75) is 111 Å². The number of amides is 3. The van der Waals surface area contributed by atoms with Crippen molar-refractivity contribution in [3.05, 3.63) is 83.3 Å². The van der Waals surface area contributed by atoms with Gasteiger partial charge >= 0.3 is 18.2 Å². The average Bonchev–Trinajstić information content (AvgIpc) is 3.62. The number of benzene rings is 2. The van der Waals surface area contributed by atoms with E-state index in [-0.39, 0.29) is 74.5 Å². The number of carbonyl (C=O) groups excluding carboxylic acids is 4. The van der Waals surface area contributed by atoms with Gasteiger partial charge in [0.05, 0.1) is 48.8 Å². The van der Waals surface area contributed by atoms with Crippen LogP contribution in [0.15, 0.2) is 61.1 Å². The SMILES string of the molecule is CCOc1cc(F)c(Cn2nc(-c3ncc(OCCCOC(=O)[C@H](C)NC(=O)[C@H](CCCCNC(=O)OC(C)(C)C)NC(=O)OC(C)(C)C)c(Nc4ccncc4Cl)n3)c3ccccc32)c(F)c1. The predicted molar refractivity (Wildman–Crippen MR) is 250 cm³/mol. The number of hydrogen-bond donors (Lipinski definition) is 4. The number of rotatable bonds is 21. The number of nitrogens with zero attached hydrogens (tertiary/aromatic N) is 5. The Hall–Kier alpha value is -6.83. The van der Waals surface area contributed by atoms with Gasteiger partial charge in [-0.25, -0.2) is 33.1 Å². The molecule has 0 fully saturated rings. The lowest BCUT2D eigenvalue weighted by Crippen LogP contribution is -2.51. The molecule has 5 rings (SSSR count). The molecule has 366 valence electrons. The second kappa shape index (κ2) is 23.8. The van der Waals surface area contributed by atoms with Gasteiger partial charge < -0.3 is 45.0 Å². The van der Waals surface area contributed by atoms with Crippen LogP contribution in [-0.2, 0) is 30.3 Å². The molecular weight excluding hydrogens is 908 g/mol. The van der Waals surface area contributed by atoms with Gasteiger partial charge in [-0.1, -0.05) is 29.8 Å². The van der Waals surface area contributed by atoms with E-state index in [9.17, 15) is 19.2 Å². The van der Waals surface area contributed by atoms with Crippen molar-refractivity contribution in [1.29, 1.82) is 0 Å². The molecule has 3 aromatic heterocycles. The first-order chi connectivity index (χ1) is 32.2. The molecule has 0 spiro atoms. The van der Waals surface area contributed by atoms with E-state index in [2.05, 4.69) is 31.2 Å². The second-order valence-corrected chi connectivity index (χ2v) is 17.8. The molecule has 5 aromatic rings. The first-order valence-electron chi connectivity index (χ1n) is 22.1. The van der Waals surface area contributed by atoms with Gasteiger partial charge in [-0.05, 0) is 86.8 Å². The summed E-state index contributed by atoms with van der Waals surface area (Å²) in [5, 5.41) is 16.6. The number of unbranched alkanes of at least 4 members (excludes halogenated alkanes) is 1. The monoisotopic (exact) mass is 965 g/mol. The van der Waals surface area contributed by atoms with Crippen molar-refractivity contribution in [1.82, 2.24) is 40.7 Å². The van der Waals surface area contributed by atoms with E-state index in [0.29, 0.717) is 40.1 Å². The number of halogens is 3. The quantitative estimate of drug-likeness (QED) is 0.0308. The minimum Gasteiger partial charge on any atom is -0.494 e. The van der Waals surface area contributed by atoms with Crippen molar-refractivity contribution in [3.8, 4) is 23.0 Å². The summed E-state index contributed by atoms with van der Waals surface area (Å²) in [4.78, 5) is 64.3. The van der Waals surface area contributed by atoms with Gasteiger partial charge in [0.25, 0.3) is 0 Å². The molecule has 0 aliphatic carbocycles. The molecule has 0 saturated heterocycles. The summed E-state index contributed by atoms with van der Waals surface area (Å²) in [5.41, 5.74) is -0.313. The van der Waals surface area contributed by atoms with E-state index in [4.69, 9.17) is 45.4 Å². The van der Waals surface area contributed by atoms with Crippen molar-refractivity contribution < 1.29 is 51.6 Å². The Balaban J connectivity index is 1.22. The molecule has 0 unspecified atom stereocenters. The first kappa shape index (κ1) is 52.1. The molecule has 0 aliphatic rings. The second-order valence-electron chi connectivity index (χ2n) is 17.4. The maximum atomic E-state index is 15.2. The number of alkyl carbamates (subject to hydrolysis) is 2. The highest BCUT2D eigenvalue weighted by Gasteiger charge is 2.28. The number of hydrogen-bond acceptors (Lipinski definition) is 14. The Morgan fingerprint density at radius 3 is 2.26 bits per heavy atom. The van der Waals surface area contributed by atoms with Crippen LogP contribution in [0.3, 0.4) is 0 Å². The van der Waals surface area contributed by atoms with Crippen molar-refractivity contribution >= 4 is 58.1 Å². The zero-order valence-electron chi connectivity index (χ0n) is 39.3. The van der Waals surface area contributed by atoms with Crippen LogP contribution < -0.4 is 30.7 Å². The summed E-state index contributed by atoms with van der Waals surface area (Å²) in [6, 6.07) is 8.91. The highest BCUT2D eigenvalue weighted by Crippen LogP contribution is 2.33. The fourth-order valence-electron chi connectivity index (χ4n) is 6.44. The topological polar surface area (TPSA) is 219 Å². The lowest BCUT2D eigenvalue weighted by molar-refractivity contribution is -0.147. The van der Waals surface area contributed by atoms with Crippen molar-refractivity contribution in [2.75, 3.05) is 31.7 Å². The molecule has 21 heteroatoms. The Morgan fingerprint density at radius 1 is 0.868 bits per heavy atom. The molecule has 2 aromatic carbocycles. The highest BCUT2D eigenvalue weighted by atomic mass is 35.5. The van der Waals surface area contributed by atoms with E-state index in [0.717, 1.165) is 12.1 Å². The molecule has 68 heavy (non-hydrogen) atoms. The Morgan fingerprint density at radius 2 is 1.57 bits per heavy atom. The van der Waals surface area contributed by atoms with Crippen molar-refractivity contribution in [2.24, 2.45) is 0 Å². The van der Waals surface area contributed by atoms with Crippen LogP contribution in [0.1, 0.15) is 86.6 Å². The largest absolute Gasteiger partial charge is 0.494 e. The smallest absolute Gasteiger partial charge is 0.408 e. The summed E-state index contributed by atoms with van der Waals surface area (Å²) in [7, 11) is 0. The molecule has 2 atom stereocenters. The molecule has 3 heterocycles. The van der Waals surface area contributed by atoms with E-state index in [1.54, 1.807) is 78.8 Å². The third kappa shape index (κ3) is 15.6. The van der Waals surface area contributed by atoms with Crippen LogP contribution in [0.5, 0.6) is 11.5 Å². The van der Waals surface area contributed by atoms with Gasteiger partial charge in [0.15, 0.2) is 17.4 Å². The number of ether oxygens (including phenoxy) is 5. The number of esters is 1. The zero-order chi connectivity index (χ0) is 49.6. The maximum absolute atomic E-state index is 15.2. The number of fused-ring (bicyclic) bond motifs is 1. The van der Waals surface area contributed by atoms with Crippen LogP contribution in [0.2, 0.25) is 5.02 Å². The summed E-state index contributed by atoms with van der Waals surface area (Å²) in [6.45, 7) is 13.8. The lowest BCUT2D eigenvalue weighted by atomic mass is 10.1. The summed E-state index contributed by atoms with van der Waals surface area (Å²) < 4.78 is 59.2. The molecule has 18 nitrogen and oxygen atoms in total. The minimum absolute atomic E-state index is 0.0386. The summed E-state index contributed by atoms with van der Waals surface area (Å²) in [6.07, 6.45) is 4.36. The number of pyridine rings is 1. The van der Waals surface area contributed by atoms with Gasteiger partial charge in [0.2, 0.25) is 5.91 Å². The van der Waals surface area contributed by atoms with Crippen LogP contribution in [0.25, 0.3) is 22.4 Å². The predicted octanol–water partition coefficient (Wildman–Crippen LogP) is 8.42. The number of para-hydroxylation sites is 1. The maximum Gasteiger partial charge on any atom is 0.408 e. The van der Waals surface area contributed by atoms with E-state index in [1.807, 2.05) is 0 Å². The Bertz CT molecular complexity index is 2530. The Kier molecular flexibility index (Phi) is 18.2. The Labute approximate surface area is 398 Å².